The van der Waals surface area contributed by atoms with Crippen molar-refractivity contribution < 1.29 is 27.8 Å². The zero-order chi connectivity index (χ0) is 16.2. The van der Waals surface area contributed by atoms with E-state index in [0.717, 1.165) is 10.4 Å². The molecule has 0 fully saturated rings. The standard InChI is InChI=1S/C13H19NO6S/c1-9(8-19-3)14(2)21(17,18)10-5-6-12(20-4)11(7-10)13(15)16/h5-7,9H,8H2,1-4H3,(H,15,16). The highest BCUT2D eigenvalue weighted by Gasteiger charge is 2.27. The maximum absolute atomic E-state index is 12.5. The van der Waals surface area contributed by atoms with Gasteiger partial charge in [0.2, 0.25) is 10.0 Å². The third kappa shape index (κ3) is 3.72. The number of hydrogen-bond acceptors (Lipinski definition) is 5. The van der Waals surface area contributed by atoms with E-state index in [2.05, 4.69) is 0 Å². The number of benzene rings is 1. The summed E-state index contributed by atoms with van der Waals surface area (Å²) in [4.78, 5) is 11.1. The van der Waals surface area contributed by atoms with Gasteiger partial charge in [-0.2, -0.15) is 4.31 Å². The number of carbonyl (C=O) groups is 1. The van der Waals surface area contributed by atoms with Crippen molar-refractivity contribution in [1.82, 2.24) is 4.31 Å². The molecule has 1 rings (SSSR count). The molecule has 0 aromatic heterocycles. The largest absolute Gasteiger partial charge is 0.496 e. The van der Waals surface area contributed by atoms with Gasteiger partial charge in [0, 0.05) is 20.2 Å². The fraction of sp³-hybridized carbons (Fsp3) is 0.462. The van der Waals surface area contributed by atoms with Gasteiger partial charge in [-0.1, -0.05) is 0 Å². The molecule has 21 heavy (non-hydrogen) atoms. The second-order valence-corrected chi connectivity index (χ2v) is 6.49. The molecule has 0 saturated carbocycles. The van der Waals surface area contributed by atoms with Gasteiger partial charge in [-0.05, 0) is 25.1 Å². The van der Waals surface area contributed by atoms with Crippen molar-refractivity contribution in [3.63, 3.8) is 0 Å². The van der Waals surface area contributed by atoms with Crippen LogP contribution in [0.4, 0.5) is 0 Å². The zero-order valence-electron chi connectivity index (χ0n) is 12.4. The molecule has 0 heterocycles. The molecule has 118 valence electrons. The first-order valence-electron chi connectivity index (χ1n) is 6.14. The Morgan fingerprint density at radius 1 is 1.38 bits per heavy atom. The molecule has 0 radical (unpaired) electrons. The van der Waals surface area contributed by atoms with Crippen molar-refractivity contribution >= 4 is 16.0 Å². The lowest BCUT2D eigenvalue weighted by molar-refractivity contribution is 0.0693. The van der Waals surface area contributed by atoms with Crippen LogP contribution in [0.3, 0.4) is 0 Å². The SMILES string of the molecule is COCC(C)N(C)S(=O)(=O)c1ccc(OC)c(C(=O)O)c1. The second kappa shape index (κ2) is 6.88. The number of rotatable bonds is 7. The fourth-order valence-electron chi connectivity index (χ4n) is 1.76. The van der Waals surface area contributed by atoms with E-state index in [4.69, 9.17) is 14.6 Å². The maximum atomic E-state index is 12.5. The summed E-state index contributed by atoms with van der Waals surface area (Å²) < 4.78 is 35.9. The van der Waals surface area contributed by atoms with Crippen LogP contribution in [-0.2, 0) is 14.8 Å². The van der Waals surface area contributed by atoms with Crippen LogP contribution in [0, 0.1) is 0 Å². The summed E-state index contributed by atoms with van der Waals surface area (Å²) >= 11 is 0. The molecule has 0 aliphatic carbocycles. The van der Waals surface area contributed by atoms with Crippen LogP contribution in [-0.4, -0.2) is 57.7 Å². The molecule has 0 amide bonds. The molecular weight excluding hydrogens is 298 g/mol. The summed E-state index contributed by atoms with van der Waals surface area (Å²) in [6.45, 7) is 1.93. The Labute approximate surface area is 124 Å². The molecule has 1 unspecified atom stereocenters. The van der Waals surface area contributed by atoms with E-state index >= 15 is 0 Å². The summed E-state index contributed by atoms with van der Waals surface area (Å²) in [5.41, 5.74) is -0.202. The predicted molar refractivity (Wildman–Crippen MR) is 76.2 cm³/mol. The normalized spacial score (nSPS) is 13.2. The molecule has 0 aliphatic heterocycles. The van der Waals surface area contributed by atoms with Crippen LogP contribution in [0.15, 0.2) is 23.1 Å². The van der Waals surface area contributed by atoms with Gasteiger partial charge in [0.25, 0.3) is 0 Å². The molecule has 7 nitrogen and oxygen atoms in total. The lowest BCUT2D eigenvalue weighted by Crippen LogP contribution is -2.37. The number of carboxylic acid groups (broad SMARTS) is 1. The van der Waals surface area contributed by atoms with E-state index in [1.807, 2.05) is 0 Å². The molecule has 0 aliphatic rings. The van der Waals surface area contributed by atoms with Crippen molar-refractivity contribution in [2.45, 2.75) is 17.9 Å². The third-order valence-corrected chi connectivity index (χ3v) is 5.07. The summed E-state index contributed by atoms with van der Waals surface area (Å²) in [7, 11) is 0.415. The number of aromatic carboxylic acids is 1. The Bertz CT molecular complexity index is 613. The van der Waals surface area contributed by atoms with E-state index in [-0.39, 0.29) is 28.9 Å². The average molecular weight is 317 g/mol. The molecule has 1 atom stereocenters. The van der Waals surface area contributed by atoms with Crippen LogP contribution in [0.1, 0.15) is 17.3 Å². The van der Waals surface area contributed by atoms with E-state index < -0.39 is 16.0 Å². The fourth-order valence-corrected chi connectivity index (χ4v) is 3.14. The first-order valence-corrected chi connectivity index (χ1v) is 7.58. The van der Waals surface area contributed by atoms with Gasteiger partial charge in [0.05, 0.1) is 18.6 Å². The molecule has 1 N–H and O–H groups in total. The van der Waals surface area contributed by atoms with Gasteiger partial charge >= 0.3 is 5.97 Å². The van der Waals surface area contributed by atoms with Gasteiger partial charge in [-0.15, -0.1) is 0 Å². The van der Waals surface area contributed by atoms with Crippen molar-refractivity contribution in [2.75, 3.05) is 27.9 Å². The van der Waals surface area contributed by atoms with E-state index in [9.17, 15) is 13.2 Å². The van der Waals surface area contributed by atoms with E-state index in [0.29, 0.717) is 0 Å². The minimum absolute atomic E-state index is 0.105. The minimum atomic E-state index is -3.81. The molecule has 0 bridgehead atoms. The molecule has 0 spiro atoms. The quantitative estimate of drug-likeness (QED) is 0.808. The summed E-state index contributed by atoms with van der Waals surface area (Å²) in [5, 5.41) is 9.11. The average Bonchev–Trinajstić information content (AvgIpc) is 2.45. The molecule has 1 aromatic rings. The third-order valence-electron chi connectivity index (χ3n) is 3.11. The summed E-state index contributed by atoms with van der Waals surface area (Å²) in [6, 6.07) is 3.35. The molecule has 1 aromatic carbocycles. The Kier molecular flexibility index (Phi) is 5.70. The molecule has 0 saturated heterocycles. The van der Waals surface area contributed by atoms with Gasteiger partial charge in [0.15, 0.2) is 0 Å². The van der Waals surface area contributed by atoms with Crippen molar-refractivity contribution in [3.05, 3.63) is 23.8 Å². The first kappa shape index (κ1) is 17.4. The highest BCUT2D eigenvalue weighted by molar-refractivity contribution is 7.89. The summed E-state index contributed by atoms with van der Waals surface area (Å²) in [6.07, 6.45) is 0. The van der Waals surface area contributed by atoms with E-state index in [1.54, 1.807) is 6.92 Å². The Balaban J connectivity index is 3.26. The van der Waals surface area contributed by atoms with Crippen LogP contribution in [0.25, 0.3) is 0 Å². The Morgan fingerprint density at radius 3 is 2.48 bits per heavy atom. The van der Waals surface area contributed by atoms with Crippen LogP contribution in [0.5, 0.6) is 5.75 Å². The number of ether oxygens (including phenoxy) is 2. The number of methoxy groups -OCH3 is 2. The van der Waals surface area contributed by atoms with Gasteiger partial charge in [-0.25, -0.2) is 13.2 Å². The number of nitrogens with zero attached hydrogens (tertiary/aromatic N) is 1. The van der Waals surface area contributed by atoms with E-state index in [1.165, 1.54) is 33.4 Å². The lowest BCUT2D eigenvalue weighted by Gasteiger charge is -2.24. The summed E-state index contributed by atoms with van der Waals surface area (Å²) in [5.74, 6) is -1.15. The van der Waals surface area contributed by atoms with Gasteiger partial charge in [0.1, 0.15) is 11.3 Å². The Morgan fingerprint density at radius 2 is 2.00 bits per heavy atom. The maximum Gasteiger partial charge on any atom is 0.339 e. The van der Waals surface area contributed by atoms with Crippen molar-refractivity contribution in [1.29, 1.82) is 0 Å². The smallest absolute Gasteiger partial charge is 0.339 e. The monoisotopic (exact) mass is 317 g/mol. The van der Waals surface area contributed by atoms with Crippen molar-refractivity contribution in [2.24, 2.45) is 0 Å². The van der Waals surface area contributed by atoms with Crippen LogP contribution < -0.4 is 4.74 Å². The first-order chi connectivity index (χ1) is 9.75. The zero-order valence-corrected chi connectivity index (χ0v) is 13.2. The van der Waals surface area contributed by atoms with Crippen molar-refractivity contribution in [3.8, 4) is 5.75 Å². The Hall–Kier alpha value is -1.64. The topological polar surface area (TPSA) is 93.1 Å². The number of sulfonamides is 1. The number of hydrogen-bond donors (Lipinski definition) is 1. The van der Waals surface area contributed by atoms with Gasteiger partial charge in [-0.3, -0.25) is 0 Å². The molecular formula is C13H19NO6S. The number of carboxylic acids is 1. The molecule has 8 heteroatoms. The van der Waals surface area contributed by atoms with Gasteiger partial charge < -0.3 is 14.6 Å². The van der Waals surface area contributed by atoms with Crippen LogP contribution >= 0.6 is 0 Å². The van der Waals surface area contributed by atoms with Crippen LogP contribution in [0.2, 0.25) is 0 Å². The highest BCUT2D eigenvalue weighted by Crippen LogP contribution is 2.24. The highest BCUT2D eigenvalue weighted by atomic mass is 32.2. The lowest BCUT2D eigenvalue weighted by atomic mass is 10.2. The minimum Gasteiger partial charge on any atom is -0.496 e. The predicted octanol–water partition coefficient (Wildman–Crippen LogP) is 1.05. The number of likely N-dealkylation sites (N-methyl/N-ethyl adjacent to an activating group) is 1. The second-order valence-electron chi connectivity index (χ2n) is 4.49.